The lowest BCUT2D eigenvalue weighted by Gasteiger charge is -2.18. The Balaban J connectivity index is 4.32. The zero-order chi connectivity index (χ0) is 58.5. The maximum atomic E-state index is 13.0. The largest absolute Gasteiger partial charge is 0.462 e. The van der Waals surface area contributed by atoms with Crippen LogP contribution in [0.25, 0.3) is 0 Å². The first kappa shape index (κ1) is 78.1. The van der Waals surface area contributed by atoms with Gasteiger partial charge in [-0.05, 0) is 109 Å². The Morgan fingerprint density at radius 3 is 0.716 bits per heavy atom. The Morgan fingerprint density at radius 2 is 0.444 bits per heavy atom. The zero-order valence-corrected chi connectivity index (χ0v) is 54.3. The van der Waals surface area contributed by atoms with E-state index in [2.05, 4.69) is 81.5 Å². The van der Waals surface area contributed by atoms with Crippen molar-refractivity contribution in [3.05, 3.63) is 60.8 Å². The van der Waals surface area contributed by atoms with Crippen molar-refractivity contribution in [1.82, 2.24) is 0 Å². The van der Waals surface area contributed by atoms with Gasteiger partial charge in [0.2, 0.25) is 0 Å². The first-order valence-corrected chi connectivity index (χ1v) is 35.8. The normalized spacial score (nSPS) is 12.4. The third-order valence-electron chi connectivity index (χ3n) is 16.0. The summed E-state index contributed by atoms with van der Waals surface area (Å²) in [5.74, 6) is -0.865. The highest BCUT2D eigenvalue weighted by Gasteiger charge is 2.19. The van der Waals surface area contributed by atoms with Crippen molar-refractivity contribution in [3.63, 3.8) is 0 Å². The van der Waals surface area contributed by atoms with Crippen LogP contribution in [-0.4, -0.2) is 37.2 Å². The standard InChI is InChI=1S/C75H136O6/c1-4-7-10-13-16-19-22-25-28-31-33-35-36-37-38-40-41-44-47-50-53-56-59-62-65-68-74(77)80-71-72(70-79-73(76)67-64-61-58-55-52-49-46-43-30-27-24-21-18-15-12-9-6-3)81-75(78)69-66-63-60-57-54-51-48-45-42-39-34-32-29-26-23-20-17-14-11-8-5-2/h18,21,23,26-27,30-34,72H,4-17,19-20,22,24-25,28-29,35-71H2,1-3H3/b21-18-,26-23-,30-27-,33-31-,34-32-. The van der Waals surface area contributed by atoms with Crippen molar-refractivity contribution in [2.24, 2.45) is 0 Å². The molecule has 472 valence electrons. The Morgan fingerprint density at radius 1 is 0.247 bits per heavy atom. The van der Waals surface area contributed by atoms with E-state index < -0.39 is 6.10 Å². The highest BCUT2D eigenvalue weighted by Crippen LogP contribution is 2.18. The van der Waals surface area contributed by atoms with Gasteiger partial charge >= 0.3 is 17.9 Å². The Kier molecular flexibility index (Phi) is 67.1. The van der Waals surface area contributed by atoms with Crippen LogP contribution in [0.2, 0.25) is 0 Å². The lowest BCUT2D eigenvalue weighted by molar-refractivity contribution is -0.167. The van der Waals surface area contributed by atoms with Crippen LogP contribution in [0.4, 0.5) is 0 Å². The van der Waals surface area contributed by atoms with Crippen molar-refractivity contribution in [2.75, 3.05) is 13.2 Å². The number of rotatable bonds is 66. The van der Waals surface area contributed by atoms with Crippen LogP contribution >= 0.6 is 0 Å². The lowest BCUT2D eigenvalue weighted by Crippen LogP contribution is -2.30. The molecule has 0 heterocycles. The summed E-state index contributed by atoms with van der Waals surface area (Å²) in [6.45, 7) is 6.66. The van der Waals surface area contributed by atoms with E-state index >= 15 is 0 Å². The molecule has 0 aliphatic carbocycles. The van der Waals surface area contributed by atoms with Crippen molar-refractivity contribution >= 4 is 17.9 Å². The quantitative estimate of drug-likeness (QED) is 0.0261. The van der Waals surface area contributed by atoms with Crippen LogP contribution < -0.4 is 0 Å². The minimum Gasteiger partial charge on any atom is -0.462 e. The highest BCUT2D eigenvalue weighted by atomic mass is 16.6. The van der Waals surface area contributed by atoms with Crippen LogP contribution in [0, 0.1) is 0 Å². The second-order valence-corrected chi connectivity index (χ2v) is 24.1. The molecular weight excluding hydrogens is 997 g/mol. The third-order valence-corrected chi connectivity index (χ3v) is 16.0. The molecule has 6 heteroatoms. The van der Waals surface area contributed by atoms with E-state index in [1.807, 2.05) is 0 Å². The van der Waals surface area contributed by atoms with Crippen LogP contribution in [0.3, 0.4) is 0 Å². The van der Waals surface area contributed by atoms with Gasteiger partial charge in [-0.2, -0.15) is 0 Å². The average Bonchev–Trinajstić information content (AvgIpc) is 3.47. The molecule has 81 heavy (non-hydrogen) atoms. The van der Waals surface area contributed by atoms with Crippen molar-refractivity contribution in [3.8, 4) is 0 Å². The van der Waals surface area contributed by atoms with Gasteiger partial charge < -0.3 is 14.2 Å². The molecule has 0 aromatic heterocycles. The van der Waals surface area contributed by atoms with E-state index in [1.54, 1.807) is 0 Å². The fourth-order valence-electron chi connectivity index (χ4n) is 10.6. The van der Waals surface area contributed by atoms with E-state index in [9.17, 15) is 14.4 Å². The summed E-state index contributed by atoms with van der Waals surface area (Å²) >= 11 is 0. The molecule has 0 N–H and O–H groups in total. The number of carbonyl (C=O) groups excluding carboxylic acids is 3. The van der Waals surface area contributed by atoms with E-state index in [4.69, 9.17) is 14.2 Å². The topological polar surface area (TPSA) is 78.9 Å². The van der Waals surface area contributed by atoms with Crippen molar-refractivity contribution in [1.29, 1.82) is 0 Å². The van der Waals surface area contributed by atoms with Gasteiger partial charge in [-0.3, -0.25) is 14.4 Å². The number of carbonyl (C=O) groups is 3. The SMILES string of the molecule is CCCCC/C=C\C/C=C\CCCCCCCCCC(=O)OCC(COC(=O)CCCCCCCCCCCCCCC/C=C\CCCCCCCCCC)OC(=O)CCCCCCCCCCC/C=C\C/C=C\CCCCCCC. The maximum absolute atomic E-state index is 13.0. The summed E-state index contributed by atoms with van der Waals surface area (Å²) in [5.41, 5.74) is 0. The molecule has 6 nitrogen and oxygen atoms in total. The number of esters is 3. The molecule has 0 aromatic rings. The zero-order valence-electron chi connectivity index (χ0n) is 54.3. The average molecular weight is 1130 g/mol. The van der Waals surface area contributed by atoms with E-state index in [0.717, 1.165) is 77.0 Å². The summed E-state index contributed by atoms with van der Waals surface area (Å²) in [5, 5.41) is 0. The molecule has 0 rings (SSSR count). The van der Waals surface area contributed by atoms with Crippen LogP contribution in [0.5, 0.6) is 0 Å². The van der Waals surface area contributed by atoms with Crippen LogP contribution in [-0.2, 0) is 28.6 Å². The Hall–Kier alpha value is -2.89. The van der Waals surface area contributed by atoms with Gasteiger partial charge in [-0.1, -0.05) is 313 Å². The second kappa shape index (κ2) is 69.6. The van der Waals surface area contributed by atoms with E-state index in [-0.39, 0.29) is 31.1 Å². The van der Waals surface area contributed by atoms with Gasteiger partial charge in [0.25, 0.3) is 0 Å². The number of hydrogen-bond acceptors (Lipinski definition) is 6. The third kappa shape index (κ3) is 67.8. The molecule has 0 saturated heterocycles. The van der Waals surface area contributed by atoms with E-state index in [0.29, 0.717) is 19.3 Å². The minimum atomic E-state index is -0.781. The smallest absolute Gasteiger partial charge is 0.306 e. The molecule has 0 saturated carbocycles. The van der Waals surface area contributed by atoms with E-state index in [1.165, 1.54) is 263 Å². The molecule has 1 atom stereocenters. The van der Waals surface area contributed by atoms with Gasteiger partial charge in [-0.15, -0.1) is 0 Å². The Labute approximate surface area is 504 Å². The number of unbranched alkanes of at least 4 members (excludes halogenated alkanes) is 45. The molecule has 1 unspecified atom stereocenters. The van der Waals surface area contributed by atoms with Crippen LogP contribution in [0.15, 0.2) is 60.8 Å². The fourth-order valence-corrected chi connectivity index (χ4v) is 10.6. The molecule has 0 bridgehead atoms. The fraction of sp³-hybridized carbons (Fsp3) is 0.827. The predicted octanol–water partition coefficient (Wildman–Crippen LogP) is 24.7. The lowest BCUT2D eigenvalue weighted by atomic mass is 10.0. The van der Waals surface area contributed by atoms with Gasteiger partial charge in [0.1, 0.15) is 13.2 Å². The summed E-state index contributed by atoms with van der Waals surface area (Å²) in [7, 11) is 0. The maximum Gasteiger partial charge on any atom is 0.306 e. The van der Waals surface area contributed by atoms with Crippen LogP contribution in [0.1, 0.15) is 380 Å². The first-order chi connectivity index (χ1) is 40.0. The number of hydrogen-bond donors (Lipinski definition) is 0. The molecule has 0 aromatic carbocycles. The Bertz CT molecular complexity index is 1440. The molecular formula is C75H136O6. The summed E-state index contributed by atoms with van der Waals surface area (Å²) in [6.07, 6.45) is 89.5. The van der Waals surface area contributed by atoms with Gasteiger partial charge in [0, 0.05) is 19.3 Å². The number of ether oxygens (including phenoxy) is 3. The van der Waals surface area contributed by atoms with Gasteiger partial charge in [0.05, 0.1) is 0 Å². The monoisotopic (exact) mass is 1130 g/mol. The first-order valence-electron chi connectivity index (χ1n) is 35.8. The molecule has 0 amide bonds. The molecule has 0 aliphatic heterocycles. The predicted molar refractivity (Wildman–Crippen MR) is 353 cm³/mol. The van der Waals surface area contributed by atoms with Gasteiger partial charge in [-0.25, -0.2) is 0 Å². The second-order valence-electron chi connectivity index (χ2n) is 24.1. The van der Waals surface area contributed by atoms with Gasteiger partial charge in [0.15, 0.2) is 6.10 Å². The summed E-state index contributed by atoms with van der Waals surface area (Å²) < 4.78 is 17.0. The van der Waals surface area contributed by atoms with Crippen molar-refractivity contribution in [2.45, 2.75) is 386 Å². The highest BCUT2D eigenvalue weighted by molar-refractivity contribution is 5.71. The summed E-state index contributed by atoms with van der Waals surface area (Å²) in [4.78, 5) is 38.5. The molecule has 0 radical (unpaired) electrons. The summed E-state index contributed by atoms with van der Waals surface area (Å²) in [6, 6.07) is 0. The minimum absolute atomic E-state index is 0.0759. The molecule has 0 spiro atoms. The molecule has 0 aliphatic rings. The van der Waals surface area contributed by atoms with Crippen molar-refractivity contribution < 1.29 is 28.6 Å². The molecule has 0 fully saturated rings. The number of allylic oxidation sites excluding steroid dienone is 10.